The fraction of sp³-hybridized carbons (Fsp3) is 0.118. The number of nitrogens with zero attached hydrogens (tertiary/aromatic N) is 1. The van der Waals surface area contributed by atoms with Crippen LogP contribution >= 0.6 is 12.0 Å². The van der Waals surface area contributed by atoms with Crippen molar-refractivity contribution in [3.05, 3.63) is 71.4 Å². The van der Waals surface area contributed by atoms with E-state index in [9.17, 15) is 8.78 Å². The number of hydrogen-bond donors (Lipinski definition) is 1. The molecule has 0 aliphatic rings. The van der Waals surface area contributed by atoms with E-state index in [1.165, 1.54) is 29.9 Å². The lowest BCUT2D eigenvalue weighted by molar-refractivity contribution is 0.413. The monoisotopic (exact) mass is 334 g/mol. The molecule has 0 heterocycles. The van der Waals surface area contributed by atoms with Crippen LogP contribution in [0.3, 0.4) is 0 Å². The molecule has 0 fully saturated rings. The van der Waals surface area contributed by atoms with Gasteiger partial charge in [-0.15, -0.1) is 0 Å². The van der Waals surface area contributed by atoms with Gasteiger partial charge in [-0.05, 0) is 37.3 Å². The van der Waals surface area contributed by atoms with Crippen LogP contribution < -0.4 is 5.73 Å². The highest BCUT2D eigenvalue weighted by Crippen LogP contribution is 2.19. The molecule has 0 spiro atoms. The molecule has 2 N–H and O–H groups in total. The smallest absolute Gasteiger partial charge is 0.160 e. The van der Waals surface area contributed by atoms with Gasteiger partial charge in [0.2, 0.25) is 0 Å². The van der Waals surface area contributed by atoms with E-state index in [-0.39, 0.29) is 6.61 Å². The highest BCUT2D eigenvalue weighted by atomic mass is 32.2. The summed E-state index contributed by atoms with van der Waals surface area (Å²) < 4.78 is 31.2. The molecular weight excluding hydrogens is 318 g/mol. The van der Waals surface area contributed by atoms with E-state index in [2.05, 4.69) is 4.99 Å². The molecule has 0 saturated carbocycles. The number of hydrogen-bond acceptors (Lipinski definition) is 4. The quantitative estimate of drug-likeness (QED) is 0.623. The van der Waals surface area contributed by atoms with Gasteiger partial charge in [-0.2, -0.15) is 0 Å². The lowest BCUT2D eigenvalue weighted by Gasteiger charge is -2.03. The topological polar surface area (TPSA) is 47.6 Å². The normalized spacial score (nSPS) is 12.0. The lowest BCUT2D eigenvalue weighted by atomic mass is 10.2. The molecule has 23 heavy (non-hydrogen) atoms. The van der Waals surface area contributed by atoms with Crippen LogP contribution in [0.15, 0.2) is 64.1 Å². The Morgan fingerprint density at radius 3 is 2.61 bits per heavy atom. The second-order valence-corrected chi connectivity index (χ2v) is 5.65. The third-order valence-electron chi connectivity index (χ3n) is 2.82. The first-order valence-corrected chi connectivity index (χ1v) is 7.58. The Bertz CT molecular complexity index is 715. The lowest BCUT2D eigenvalue weighted by Crippen LogP contribution is -2.03. The van der Waals surface area contributed by atoms with Crippen molar-refractivity contribution >= 4 is 23.9 Å². The maximum atomic E-state index is 13.0. The van der Waals surface area contributed by atoms with Crippen molar-refractivity contribution in [3.8, 4) is 0 Å². The number of halogens is 2. The molecule has 0 amide bonds. The highest BCUT2D eigenvalue weighted by molar-refractivity contribution is 7.94. The van der Waals surface area contributed by atoms with Gasteiger partial charge in [-0.1, -0.05) is 17.7 Å². The molecule has 0 aliphatic carbocycles. The highest BCUT2D eigenvalue weighted by Gasteiger charge is 2.00. The number of benzene rings is 2. The van der Waals surface area contributed by atoms with Crippen LogP contribution in [0, 0.1) is 18.6 Å². The summed E-state index contributed by atoms with van der Waals surface area (Å²) in [6.07, 6.45) is 2.97. The average Bonchev–Trinajstić information content (AvgIpc) is 2.53. The molecule has 3 nitrogen and oxygen atoms in total. The predicted octanol–water partition coefficient (Wildman–Crippen LogP) is 4.54. The van der Waals surface area contributed by atoms with Gasteiger partial charge < -0.3 is 9.92 Å². The van der Waals surface area contributed by atoms with Gasteiger partial charge in [0.15, 0.2) is 11.6 Å². The van der Waals surface area contributed by atoms with Crippen molar-refractivity contribution in [2.75, 3.05) is 6.61 Å². The van der Waals surface area contributed by atoms with Crippen LogP contribution in [0.2, 0.25) is 0 Å². The first-order chi connectivity index (χ1) is 11.0. The SMILES string of the molecule is Cc1ccc(SOCC(N)=CC=Nc2ccc(F)c(F)c2)cc1. The number of allylic oxidation sites excluding steroid dienone is 1. The van der Waals surface area contributed by atoms with Crippen molar-refractivity contribution < 1.29 is 13.0 Å². The minimum atomic E-state index is -0.936. The molecular formula is C17H16F2N2OS. The van der Waals surface area contributed by atoms with Gasteiger partial charge in [0.25, 0.3) is 0 Å². The molecule has 0 aromatic heterocycles. The third kappa shape index (κ3) is 5.84. The van der Waals surface area contributed by atoms with Crippen LogP contribution in [0.25, 0.3) is 0 Å². The fourth-order valence-electron chi connectivity index (χ4n) is 1.59. The summed E-state index contributed by atoms with van der Waals surface area (Å²) in [6.45, 7) is 2.24. The molecule has 0 radical (unpaired) electrons. The van der Waals surface area contributed by atoms with Crippen molar-refractivity contribution in [2.24, 2.45) is 10.7 Å². The van der Waals surface area contributed by atoms with Crippen LogP contribution in [-0.2, 0) is 4.18 Å². The maximum Gasteiger partial charge on any atom is 0.160 e. The zero-order valence-corrected chi connectivity index (χ0v) is 13.3. The minimum Gasteiger partial charge on any atom is -0.400 e. The molecule has 2 aromatic carbocycles. The summed E-state index contributed by atoms with van der Waals surface area (Å²) >= 11 is 1.23. The Balaban J connectivity index is 1.81. The Morgan fingerprint density at radius 1 is 1.17 bits per heavy atom. The van der Waals surface area contributed by atoms with Crippen molar-refractivity contribution in [3.63, 3.8) is 0 Å². The Labute approximate surface area is 138 Å². The molecule has 0 aliphatic heterocycles. The molecule has 2 aromatic rings. The van der Waals surface area contributed by atoms with E-state index in [1.54, 1.807) is 6.08 Å². The van der Waals surface area contributed by atoms with Crippen LogP contribution in [0.4, 0.5) is 14.5 Å². The number of nitrogens with two attached hydrogens (primary N) is 1. The zero-order chi connectivity index (χ0) is 16.7. The Kier molecular flexibility index (Phi) is 6.31. The summed E-state index contributed by atoms with van der Waals surface area (Å²) in [5, 5.41) is 0. The number of aliphatic imine (C=N–C) groups is 1. The van der Waals surface area contributed by atoms with Gasteiger partial charge in [-0.25, -0.2) is 8.78 Å². The van der Waals surface area contributed by atoms with E-state index < -0.39 is 11.6 Å². The van der Waals surface area contributed by atoms with Gasteiger partial charge in [-0.3, -0.25) is 4.99 Å². The summed E-state index contributed by atoms with van der Waals surface area (Å²) in [5.74, 6) is -1.84. The summed E-state index contributed by atoms with van der Waals surface area (Å²) in [7, 11) is 0. The van der Waals surface area contributed by atoms with E-state index in [1.807, 2.05) is 31.2 Å². The van der Waals surface area contributed by atoms with Gasteiger partial charge in [0.05, 0.1) is 5.69 Å². The third-order valence-corrected chi connectivity index (χ3v) is 3.52. The predicted molar refractivity (Wildman–Crippen MR) is 89.8 cm³/mol. The van der Waals surface area contributed by atoms with Crippen molar-refractivity contribution in [1.29, 1.82) is 0 Å². The molecule has 6 heteroatoms. The second kappa shape index (κ2) is 8.45. The van der Waals surface area contributed by atoms with E-state index >= 15 is 0 Å². The molecule has 0 atom stereocenters. The van der Waals surface area contributed by atoms with Crippen LogP contribution in [0.5, 0.6) is 0 Å². The summed E-state index contributed by atoms with van der Waals surface area (Å²) in [4.78, 5) is 4.96. The van der Waals surface area contributed by atoms with Gasteiger partial charge >= 0.3 is 0 Å². The van der Waals surface area contributed by atoms with Gasteiger partial charge in [0, 0.05) is 34.9 Å². The molecule has 0 saturated heterocycles. The van der Waals surface area contributed by atoms with E-state index in [4.69, 9.17) is 9.92 Å². The largest absolute Gasteiger partial charge is 0.400 e. The standard InChI is InChI=1S/C17H16F2N2OS/c1-12-2-5-15(6-3-12)23-22-11-13(20)8-9-21-14-4-7-16(18)17(19)10-14/h2-10H,11,20H2,1H3. The fourth-order valence-corrected chi connectivity index (χ4v) is 2.17. The van der Waals surface area contributed by atoms with E-state index in [0.29, 0.717) is 11.4 Å². The minimum absolute atomic E-state index is 0.225. The second-order valence-electron chi connectivity index (χ2n) is 4.78. The summed E-state index contributed by atoms with van der Waals surface area (Å²) in [5.41, 5.74) is 7.74. The molecule has 120 valence electrons. The average molecular weight is 334 g/mol. The van der Waals surface area contributed by atoms with Crippen LogP contribution in [-0.4, -0.2) is 12.8 Å². The first-order valence-electron chi connectivity index (χ1n) is 6.84. The van der Waals surface area contributed by atoms with Crippen molar-refractivity contribution in [1.82, 2.24) is 0 Å². The maximum absolute atomic E-state index is 13.0. The Morgan fingerprint density at radius 2 is 1.91 bits per heavy atom. The Hall–Kier alpha value is -2.18. The summed E-state index contributed by atoms with van der Waals surface area (Å²) in [6, 6.07) is 11.3. The zero-order valence-electron chi connectivity index (χ0n) is 12.5. The number of rotatable bonds is 6. The van der Waals surface area contributed by atoms with Crippen LogP contribution in [0.1, 0.15) is 5.56 Å². The molecule has 2 rings (SSSR count). The number of aryl methyl sites for hydroxylation is 1. The van der Waals surface area contributed by atoms with Gasteiger partial charge in [0.1, 0.15) is 6.61 Å². The first kappa shape index (κ1) is 17.2. The van der Waals surface area contributed by atoms with Crippen molar-refractivity contribution in [2.45, 2.75) is 11.8 Å². The molecule has 0 unspecified atom stereocenters. The van der Waals surface area contributed by atoms with E-state index in [0.717, 1.165) is 17.0 Å². The molecule has 0 bridgehead atoms.